The first-order chi connectivity index (χ1) is 13.6. The molecule has 1 aromatic carbocycles. The van der Waals surface area contributed by atoms with Crippen LogP contribution in [0.1, 0.15) is 25.7 Å². The summed E-state index contributed by atoms with van der Waals surface area (Å²) in [7, 11) is 0. The molecular formula is C20H22N4O4. The van der Waals surface area contributed by atoms with E-state index in [9.17, 15) is 9.59 Å². The molecule has 3 aliphatic heterocycles. The molecule has 2 amide bonds. The van der Waals surface area contributed by atoms with Crippen LogP contribution in [0.25, 0.3) is 0 Å². The average Bonchev–Trinajstić information content (AvgIpc) is 3.38. The molecule has 0 bridgehead atoms. The number of carbonyl (C=O) groups is 2. The third-order valence-electron chi connectivity index (χ3n) is 5.21. The number of rotatable bonds is 7. The molecule has 1 atom stereocenters. The van der Waals surface area contributed by atoms with Crippen LogP contribution < -0.4 is 19.7 Å². The zero-order chi connectivity index (χ0) is 19.6. The predicted molar refractivity (Wildman–Crippen MR) is 101 cm³/mol. The SMILES string of the molecule is C#CCCC1(CCNC(=O)C2CC(=O)N(c3ccc4c(c3)OCCO4)C2)N=N1. The van der Waals surface area contributed by atoms with Gasteiger partial charge in [0, 0.05) is 50.5 Å². The summed E-state index contributed by atoms with van der Waals surface area (Å²) in [5.41, 5.74) is 0.302. The van der Waals surface area contributed by atoms with Gasteiger partial charge in [-0.2, -0.15) is 10.2 Å². The molecule has 0 spiro atoms. The van der Waals surface area contributed by atoms with Crippen molar-refractivity contribution in [1.29, 1.82) is 0 Å². The lowest BCUT2D eigenvalue weighted by Gasteiger charge is -2.22. The van der Waals surface area contributed by atoms with E-state index in [2.05, 4.69) is 21.5 Å². The van der Waals surface area contributed by atoms with E-state index >= 15 is 0 Å². The number of fused-ring (bicyclic) bond motifs is 1. The molecular weight excluding hydrogens is 360 g/mol. The Morgan fingerprint density at radius 2 is 2.07 bits per heavy atom. The van der Waals surface area contributed by atoms with Crippen LogP contribution in [0.15, 0.2) is 28.4 Å². The number of carbonyl (C=O) groups excluding carboxylic acids is 2. The van der Waals surface area contributed by atoms with Gasteiger partial charge in [0.15, 0.2) is 17.2 Å². The van der Waals surface area contributed by atoms with Gasteiger partial charge >= 0.3 is 0 Å². The second-order valence-electron chi connectivity index (χ2n) is 7.16. The predicted octanol–water partition coefficient (Wildman–Crippen LogP) is 1.89. The maximum absolute atomic E-state index is 12.5. The van der Waals surface area contributed by atoms with E-state index in [4.69, 9.17) is 15.9 Å². The molecule has 0 radical (unpaired) electrons. The first-order valence-electron chi connectivity index (χ1n) is 9.45. The molecule has 8 heteroatoms. The first kappa shape index (κ1) is 18.3. The summed E-state index contributed by atoms with van der Waals surface area (Å²) >= 11 is 0. The van der Waals surface area contributed by atoms with E-state index in [-0.39, 0.29) is 24.2 Å². The quantitative estimate of drug-likeness (QED) is 0.729. The normalized spacial score (nSPS) is 21.3. The van der Waals surface area contributed by atoms with Crippen molar-refractivity contribution in [3.63, 3.8) is 0 Å². The monoisotopic (exact) mass is 382 g/mol. The van der Waals surface area contributed by atoms with Gasteiger partial charge < -0.3 is 19.7 Å². The molecule has 3 aliphatic rings. The molecule has 1 unspecified atom stereocenters. The Bertz CT molecular complexity index is 854. The van der Waals surface area contributed by atoms with Crippen molar-refractivity contribution in [2.45, 2.75) is 31.3 Å². The van der Waals surface area contributed by atoms with E-state index in [1.165, 1.54) is 0 Å². The van der Waals surface area contributed by atoms with Crippen LogP contribution in [0.5, 0.6) is 11.5 Å². The van der Waals surface area contributed by atoms with Crippen molar-refractivity contribution in [2.75, 3.05) is 31.2 Å². The minimum absolute atomic E-state index is 0.0745. The highest BCUT2D eigenvalue weighted by atomic mass is 16.6. The van der Waals surface area contributed by atoms with Crippen LogP contribution in [0, 0.1) is 18.3 Å². The van der Waals surface area contributed by atoms with E-state index in [0.29, 0.717) is 62.8 Å². The Kier molecular flexibility index (Phi) is 4.90. The van der Waals surface area contributed by atoms with Gasteiger partial charge in [0.25, 0.3) is 0 Å². The van der Waals surface area contributed by atoms with Gasteiger partial charge in [0.1, 0.15) is 13.2 Å². The van der Waals surface area contributed by atoms with Gasteiger partial charge in [-0.15, -0.1) is 12.3 Å². The Morgan fingerprint density at radius 1 is 1.29 bits per heavy atom. The second-order valence-corrected chi connectivity index (χ2v) is 7.16. The number of nitrogens with one attached hydrogen (secondary N) is 1. The van der Waals surface area contributed by atoms with Gasteiger partial charge in [0.2, 0.25) is 11.8 Å². The van der Waals surface area contributed by atoms with Crippen molar-refractivity contribution in [1.82, 2.24) is 5.32 Å². The van der Waals surface area contributed by atoms with E-state index in [1.807, 2.05) is 6.07 Å². The number of terminal acetylenes is 1. The fourth-order valence-electron chi connectivity index (χ4n) is 3.53. The molecule has 1 aromatic rings. The molecule has 0 saturated carbocycles. The maximum Gasteiger partial charge on any atom is 0.227 e. The van der Waals surface area contributed by atoms with Gasteiger partial charge in [-0.05, 0) is 12.1 Å². The lowest BCUT2D eigenvalue weighted by molar-refractivity contribution is -0.126. The highest BCUT2D eigenvalue weighted by Crippen LogP contribution is 2.37. The number of benzene rings is 1. The number of hydrogen-bond donors (Lipinski definition) is 1. The smallest absolute Gasteiger partial charge is 0.227 e. The number of ether oxygens (including phenoxy) is 2. The summed E-state index contributed by atoms with van der Waals surface area (Å²) in [5.74, 6) is 3.30. The molecule has 28 heavy (non-hydrogen) atoms. The number of hydrogen-bond acceptors (Lipinski definition) is 6. The summed E-state index contributed by atoms with van der Waals surface area (Å²) in [6.07, 6.45) is 7.43. The summed E-state index contributed by atoms with van der Waals surface area (Å²) in [5, 5.41) is 11.0. The summed E-state index contributed by atoms with van der Waals surface area (Å²) in [6, 6.07) is 5.40. The van der Waals surface area contributed by atoms with Crippen LogP contribution >= 0.6 is 0 Å². The highest BCUT2D eigenvalue weighted by molar-refractivity contribution is 6.00. The van der Waals surface area contributed by atoms with Crippen LogP contribution in [-0.4, -0.2) is 43.8 Å². The van der Waals surface area contributed by atoms with Crippen LogP contribution in [-0.2, 0) is 9.59 Å². The Labute approximate surface area is 163 Å². The third-order valence-corrected chi connectivity index (χ3v) is 5.21. The summed E-state index contributed by atoms with van der Waals surface area (Å²) < 4.78 is 11.1. The van der Waals surface area contributed by atoms with E-state index in [1.54, 1.807) is 17.0 Å². The van der Waals surface area contributed by atoms with Gasteiger partial charge in [0.05, 0.1) is 5.92 Å². The second kappa shape index (κ2) is 7.50. The Balaban J connectivity index is 1.31. The molecule has 4 rings (SSSR count). The maximum atomic E-state index is 12.5. The summed E-state index contributed by atoms with van der Waals surface area (Å²) in [4.78, 5) is 26.6. The number of amides is 2. The topological polar surface area (TPSA) is 92.6 Å². The fraction of sp³-hybridized carbons (Fsp3) is 0.500. The molecule has 8 nitrogen and oxygen atoms in total. The minimum atomic E-state index is -0.414. The fourth-order valence-corrected chi connectivity index (χ4v) is 3.53. The molecule has 1 fully saturated rings. The Morgan fingerprint density at radius 3 is 2.82 bits per heavy atom. The lowest BCUT2D eigenvalue weighted by Crippen LogP contribution is -2.35. The van der Waals surface area contributed by atoms with E-state index in [0.717, 1.165) is 0 Å². The van der Waals surface area contributed by atoms with Crippen molar-refractivity contribution in [3.05, 3.63) is 18.2 Å². The largest absolute Gasteiger partial charge is 0.486 e. The van der Waals surface area contributed by atoms with Crippen LogP contribution in [0.2, 0.25) is 0 Å². The first-order valence-corrected chi connectivity index (χ1v) is 9.45. The molecule has 146 valence electrons. The highest BCUT2D eigenvalue weighted by Gasteiger charge is 2.39. The number of nitrogens with zero attached hydrogens (tertiary/aromatic N) is 3. The van der Waals surface area contributed by atoms with Crippen LogP contribution in [0.4, 0.5) is 5.69 Å². The molecule has 1 saturated heterocycles. The molecule has 0 aromatic heterocycles. The average molecular weight is 382 g/mol. The van der Waals surface area contributed by atoms with E-state index < -0.39 is 5.66 Å². The van der Waals surface area contributed by atoms with Gasteiger partial charge in [-0.1, -0.05) is 0 Å². The van der Waals surface area contributed by atoms with Crippen molar-refractivity contribution >= 4 is 17.5 Å². The summed E-state index contributed by atoms with van der Waals surface area (Å²) in [6.45, 7) is 1.81. The van der Waals surface area contributed by atoms with Crippen molar-refractivity contribution in [2.24, 2.45) is 16.1 Å². The third kappa shape index (κ3) is 3.79. The number of anilines is 1. The standard InChI is InChI=1S/C20H22N4O4/c1-2-3-6-20(22-23-20)7-8-21-19(26)14-11-18(25)24(13-14)15-4-5-16-17(12-15)28-10-9-27-16/h1,4-5,12,14H,3,6-11,13H2,(H,21,26). The van der Waals surface area contributed by atoms with Crippen LogP contribution in [0.3, 0.4) is 0 Å². The van der Waals surface area contributed by atoms with Crippen molar-refractivity contribution < 1.29 is 19.1 Å². The van der Waals surface area contributed by atoms with Gasteiger partial charge in [-0.25, -0.2) is 0 Å². The molecule has 3 heterocycles. The van der Waals surface area contributed by atoms with Gasteiger partial charge in [-0.3, -0.25) is 9.59 Å². The zero-order valence-electron chi connectivity index (χ0n) is 15.5. The zero-order valence-corrected chi connectivity index (χ0v) is 15.5. The lowest BCUT2D eigenvalue weighted by atomic mass is 10.0. The molecule has 1 N–H and O–H groups in total. The van der Waals surface area contributed by atoms with Crippen molar-refractivity contribution in [3.8, 4) is 23.8 Å². The minimum Gasteiger partial charge on any atom is -0.486 e. The Hall–Kier alpha value is -3.08. The molecule has 0 aliphatic carbocycles.